The monoisotopic (exact) mass is 789 g/mol. The van der Waals surface area contributed by atoms with Crippen molar-refractivity contribution in [3.63, 3.8) is 0 Å². The van der Waals surface area contributed by atoms with Crippen molar-refractivity contribution in [2.45, 2.75) is 5.41 Å². The second-order valence-corrected chi connectivity index (χ2v) is 16.2. The highest BCUT2D eigenvalue weighted by Gasteiger charge is 2.51. The number of hydrogen-bond donors (Lipinski definition) is 0. The first-order valence-electron chi connectivity index (χ1n) is 21.1. The number of hydrogen-bond acceptors (Lipinski definition) is 4. The molecule has 13 rings (SSSR count). The van der Waals surface area contributed by atoms with Gasteiger partial charge < -0.3 is 4.74 Å². The predicted molar refractivity (Wildman–Crippen MR) is 251 cm³/mol. The molecule has 0 saturated carbocycles. The maximum absolute atomic E-state index is 6.64. The van der Waals surface area contributed by atoms with E-state index in [9.17, 15) is 0 Å². The number of aromatic nitrogens is 3. The molecule has 0 fully saturated rings. The van der Waals surface area contributed by atoms with Gasteiger partial charge in [-0.1, -0.05) is 176 Å². The third-order valence-corrected chi connectivity index (χ3v) is 12.9. The summed E-state index contributed by atoms with van der Waals surface area (Å²) in [5.41, 5.74) is 15.8. The van der Waals surface area contributed by atoms with Crippen LogP contribution in [-0.4, -0.2) is 15.0 Å². The fraction of sp³-hybridized carbons (Fsp3) is 0.0172. The molecule has 2 aromatic heterocycles. The van der Waals surface area contributed by atoms with Crippen molar-refractivity contribution >= 4 is 32.6 Å². The minimum atomic E-state index is -0.563. The van der Waals surface area contributed by atoms with E-state index in [-0.39, 0.29) is 0 Å². The van der Waals surface area contributed by atoms with Crippen molar-refractivity contribution < 1.29 is 4.74 Å². The summed E-state index contributed by atoms with van der Waals surface area (Å²) >= 11 is 0. The molecule has 1 aliphatic heterocycles. The van der Waals surface area contributed by atoms with Crippen LogP contribution in [-0.2, 0) is 5.41 Å². The van der Waals surface area contributed by atoms with Gasteiger partial charge in [-0.05, 0) is 75.2 Å². The summed E-state index contributed by atoms with van der Waals surface area (Å²) in [4.78, 5) is 15.6. The van der Waals surface area contributed by atoms with Crippen LogP contribution in [0.2, 0.25) is 0 Å². The normalized spacial score (nSPS) is 13.1. The van der Waals surface area contributed by atoms with E-state index < -0.39 is 5.41 Å². The minimum Gasteiger partial charge on any atom is -0.457 e. The molecular formula is C58H35N3O. The SMILES string of the molecule is c1ccc(-c2nc(-c3ccc(-c4ccc5c(c4)nc(-c4ccccc4)c4cc6c(cc45)C4(c5ccccc5Oc5ccccc54)c4ccccc4-6)cc3)c3ccccc3n2)cc1. The van der Waals surface area contributed by atoms with Gasteiger partial charge in [0.15, 0.2) is 5.82 Å². The Kier molecular flexibility index (Phi) is 7.49. The zero-order valence-corrected chi connectivity index (χ0v) is 33.5. The van der Waals surface area contributed by atoms with Gasteiger partial charge in [0.25, 0.3) is 0 Å². The molecule has 0 amide bonds. The zero-order valence-electron chi connectivity index (χ0n) is 33.5. The molecule has 0 radical (unpaired) electrons. The Morgan fingerprint density at radius 1 is 0.306 bits per heavy atom. The number of para-hydroxylation sites is 3. The van der Waals surface area contributed by atoms with Crippen LogP contribution in [0.25, 0.3) is 88.7 Å². The molecule has 0 bridgehead atoms. The summed E-state index contributed by atoms with van der Waals surface area (Å²) < 4.78 is 6.64. The minimum absolute atomic E-state index is 0.563. The van der Waals surface area contributed by atoms with Gasteiger partial charge in [0.05, 0.1) is 27.8 Å². The van der Waals surface area contributed by atoms with E-state index in [1.54, 1.807) is 0 Å². The van der Waals surface area contributed by atoms with Crippen LogP contribution in [0, 0.1) is 0 Å². The smallest absolute Gasteiger partial charge is 0.160 e. The van der Waals surface area contributed by atoms with E-state index in [2.05, 4.69) is 188 Å². The van der Waals surface area contributed by atoms with Crippen molar-refractivity contribution in [3.05, 3.63) is 235 Å². The first kappa shape index (κ1) is 34.6. The van der Waals surface area contributed by atoms with E-state index in [1.807, 2.05) is 24.3 Å². The maximum Gasteiger partial charge on any atom is 0.160 e. The van der Waals surface area contributed by atoms with E-state index in [1.165, 1.54) is 27.6 Å². The van der Waals surface area contributed by atoms with Crippen LogP contribution in [0.1, 0.15) is 22.3 Å². The highest BCUT2D eigenvalue weighted by atomic mass is 16.5. The van der Waals surface area contributed by atoms with Crippen molar-refractivity contribution in [3.8, 4) is 67.7 Å². The van der Waals surface area contributed by atoms with Crippen molar-refractivity contribution in [1.82, 2.24) is 15.0 Å². The van der Waals surface area contributed by atoms with Crippen LogP contribution < -0.4 is 4.74 Å². The molecular weight excluding hydrogens is 755 g/mol. The molecule has 3 heterocycles. The highest BCUT2D eigenvalue weighted by molar-refractivity contribution is 6.14. The summed E-state index contributed by atoms with van der Waals surface area (Å²) in [6, 6.07) is 75.4. The van der Waals surface area contributed by atoms with Crippen molar-refractivity contribution in [2.24, 2.45) is 0 Å². The summed E-state index contributed by atoms with van der Waals surface area (Å²) in [6.45, 7) is 0. The quantitative estimate of drug-likeness (QED) is 0.167. The molecule has 9 aromatic carbocycles. The summed E-state index contributed by atoms with van der Waals surface area (Å²) in [5, 5.41) is 4.45. The first-order valence-corrected chi connectivity index (χ1v) is 21.1. The Hall–Kier alpha value is -8.21. The van der Waals surface area contributed by atoms with Crippen LogP contribution in [0.15, 0.2) is 212 Å². The Bertz CT molecular complexity index is 3550. The fourth-order valence-electron chi connectivity index (χ4n) is 10.2. The number of rotatable bonds is 4. The Morgan fingerprint density at radius 2 is 0.887 bits per heavy atom. The highest BCUT2D eigenvalue weighted by Crippen LogP contribution is 2.62. The lowest BCUT2D eigenvalue weighted by molar-refractivity contribution is 0.436. The lowest BCUT2D eigenvalue weighted by Crippen LogP contribution is -2.32. The van der Waals surface area contributed by atoms with Gasteiger partial charge in [-0.3, -0.25) is 0 Å². The average Bonchev–Trinajstić information content (AvgIpc) is 3.62. The van der Waals surface area contributed by atoms with Crippen LogP contribution in [0.3, 0.4) is 0 Å². The molecule has 0 N–H and O–H groups in total. The molecule has 62 heavy (non-hydrogen) atoms. The van der Waals surface area contributed by atoms with Crippen molar-refractivity contribution in [1.29, 1.82) is 0 Å². The van der Waals surface area contributed by atoms with E-state index >= 15 is 0 Å². The number of benzene rings is 9. The standard InChI is InChI=1S/C58H35N3O/c1-3-15-37(16-4-1)56-46-34-45-41-19-7-9-21-47(41)58(48-22-10-13-25-53(48)62-54-26-14-11-23-49(54)58)50(45)35-44(46)42-32-31-40(33-52(42)59-56)36-27-29-38(30-28-36)55-43-20-8-12-24-51(43)60-57(61-55)39-17-5-2-6-18-39/h1-35H. The van der Waals surface area contributed by atoms with Gasteiger partial charge in [-0.2, -0.15) is 0 Å². The molecule has 0 saturated heterocycles. The molecule has 288 valence electrons. The largest absolute Gasteiger partial charge is 0.457 e. The molecule has 1 spiro atoms. The van der Waals surface area contributed by atoms with Crippen LogP contribution >= 0.6 is 0 Å². The summed E-state index contributed by atoms with van der Waals surface area (Å²) in [7, 11) is 0. The van der Waals surface area contributed by atoms with Gasteiger partial charge in [0, 0.05) is 44.0 Å². The molecule has 4 heteroatoms. The third-order valence-electron chi connectivity index (χ3n) is 12.9. The molecule has 4 nitrogen and oxygen atoms in total. The van der Waals surface area contributed by atoms with Gasteiger partial charge in [-0.25, -0.2) is 15.0 Å². The van der Waals surface area contributed by atoms with Crippen LogP contribution in [0.5, 0.6) is 11.5 Å². The number of pyridine rings is 1. The van der Waals surface area contributed by atoms with Gasteiger partial charge in [-0.15, -0.1) is 0 Å². The number of fused-ring (bicyclic) bond motifs is 13. The lowest BCUT2D eigenvalue weighted by atomic mass is 9.66. The van der Waals surface area contributed by atoms with Gasteiger partial charge in [0.1, 0.15) is 11.5 Å². The van der Waals surface area contributed by atoms with E-state index in [0.717, 1.165) is 94.8 Å². The Balaban J connectivity index is 1.01. The molecule has 2 aliphatic rings. The second-order valence-electron chi connectivity index (χ2n) is 16.2. The molecule has 0 atom stereocenters. The third kappa shape index (κ3) is 5.04. The van der Waals surface area contributed by atoms with Gasteiger partial charge in [0.2, 0.25) is 0 Å². The zero-order chi connectivity index (χ0) is 40.8. The topological polar surface area (TPSA) is 47.9 Å². The molecule has 0 unspecified atom stereocenters. The van der Waals surface area contributed by atoms with E-state index in [4.69, 9.17) is 19.7 Å². The van der Waals surface area contributed by atoms with E-state index in [0.29, 0.717) is 0 Å². The number of ether oxygens (including phenoxy) is 1. The lowest BCUT2D eigenvalue weighted by Gasteiger charge is -2.39. The maximum atomic E-state index is 6.64. The van der Waals surface area contributed by atoms with Gasteiger partial charge >= 0.3 is 0 Å². The Labute approximate surface area is 358 Å². The first-order chi connectivity index (χ1) is 30.7. The summed E-state index contributed by atoms with van der Waals surface area (Å²) in [6.07, 6.45) is 0. The molecule has 11 aromatic rings. The summed E-state index contributed by atoms with van der Waals surface area (Å²) in [5.74, 6) is 2.49. The van der Waals surface area contributed by atoms with Crippen molar-refractivity contribution in [2.75, 3.05) is 0 Å². The Morgan fingerprint density at radius 3 is 1.65 bits per heavy atom. The second kappa shape index (κ2) is 13.4. The fourth-order valence-corrected chi connectivity index (χ4v) is 10.2. The predicted octanol–water partition coefficient (Wildman–Crippen LogP) is 14.5. The number of nitrogens with zero attached hydrogens (tertiary/aromatic N) is 3. The molecule has 1 aliphatic carbocycles. The average molecular weight is 790 g/mol. The van der Waals surface area contributed by atoms with Crippen LogP contribution in [0.4, 0.5) is 0 Å².